The van der Waals surface area contributed by atoms with Crippen molar-refractivity contribution >= 4 is 18.3 Å². The molecule has 2 atom stereocenters. The number of halogens is 4. The van der Waals surface area contributed by atoms with E-state index in [1.165, 1.54) is 18.2 Å². The summed E-state index contributed by atoms with van der Waals surface area (Å²) in [4.78, 5) is 12.0. The number of piperidine rings is 1. The Hall–Kier alpha value is -1.27. The number of carbonyl (C=O) groups excluding carboxylic acids is 1. The highest BCUT2D eigenvalue weighted by Crippen LogP contribution is 2.32. The third-order valence-electron chi connectivity index (χ3n) is 3.85. The Kier molecular flexibility index (Phi) is 6.68. The van der Waals surface area contributed by atoms with E-state index in [2.05, 4.69) is 10.6 Å². The van der Waals surface area contributed by atoms with E-state index >= 15 is 0 Å². The molecule has 124 valence electrons. The molecule has 1 aromatic rings. The summed E-state index contributed by atoms with van der Waals surface area (Å²) < 4.78 is 38.6. The SMILES string of the molecule is CC1CCNCC1NC(=O)Cc1ccccc1C(F)(F)F.Cl. The lowest BCUT2D eigenvalue weighted by Gasteiger charge is -2.30. The monoisotopic (exact) mass is 336 g/mol. The maximum atomic E-state index is 12.9. The second-order valence-electron chi connectivity index (χ2n) is 5.48. The molecule has 22 heavy (non-hydrogen) atoms. The summed E-state index contributed by atoms with van der Waals surface area (Å²) >= 11 is 0. The van der Waals surface area contributed by atoms with Crippen LogP contribution >= 0.6 is 12.4 Å². The highest BCUT2D eigenvalue weighted by Gasteiger charge is 2.33. The average molecular weight is 337 g/mol. The number of nitrogens with one attached hydrogen (secondary N) is 2. The average Bonchev–Trinajstić information content (AvgIpc) is 2.41. The van der Waals surface area contributed by atoms with Crippen LogP contribution in [0.2, 0.25) is 0 Å². The molecule has 0 saturated carbocycles. The summed E-state index contributed by atoms with van der Waals surface area (Å²) in [5, 5.41) is 6.00. The Bertz CT molecular complexity index is 508. The van der Waals surface area contributed by atoms with Crippen LogP contribution in [-0.4, -0.2) is 25.0 Å². The quantitative estimate of drug-likeness (QED) is 0.891. The Morgan fingerprint density at radius 3 is 2.68 bits per heavy atom. The van der Waals surface area contributed by atoms with Crippen LogP contribution in [0.1, 0.15) is 24.5 Å². The summed E-state index contributed by atoms with van der Waals surface area (Å²) in [5.74, 6) is -0.0414. The molecule has 0 radical (unpaired) electrons. The number of hydrogen-bond acceptors (Lipinski definition) is 2. The van der Waals surface area contributed by atoms with Gasteiger partial charge >= 0.3 is 6.18 Å². The molecule has 0 aliphatic carbocycles. The fourth-order valence-electron chi connectivity index (χ4n) is 2.56. The van der Waals surface area contributed by atoms with Crippen LogP contribution in [0.3, 0.4) is 0 Å². The molecule has 2 unspecified atom stereocenters. The van der Waals surface area contributed by atoms with Crippen molar-refractivity contribution in [3.63, 3.8) is 0 Å². The molecular weight excluding hydrogens is 317 g/mol. The summed E-state index contributed by atoms with van der Waals surface area (Å²) in [6, 6.07) is 5.18. The van der Waals surface area contributed by atoms with Crippen molar-refractivity contribution in [2.24, 2.45) is 5.92 Å². The molecule has 2 N–H and O–H groups in total. The molecule has 1 heterocycles. The predicted octanol–water partition coefficient (Wildman–Crippen LogP) is 2.78. The predicted molar refractivity (Wildman–Crippen MR) is 81.0 cm³/mol. The summed E-state index contributed by atoms with van der Waals surface area (Å²) in [6.07, 6.45) is -3.74. The second kappa shape index (κ2) is 7.83. The van der Waals surface area contributed by atoms with E-state index in [1.807, 2.05) is 6.92 Å². The third kappa shape index (κ3) is 4.88. The highest BCUT2D eigenvalue weighted by molar-refractivity contribution is 5.85. The molecular formula is C15H20ClF3N2O. The van der Waals surface area contributed by atoms with E-state index in [9.17, 15) is 18.0 Å². The Labute approximate surface area is 134 Å². The van der Waals surface area contributed by atoms with Crippen molar-refractivity contribution in [2.75, 3.05) is 13.1 Å². The maximum absolute atomic E-state index is 12.9. The molecule has 0 bridgehead atoms. The molecule has 3 nitrogen and oxygen atoms in total. The first-order chi connectivity index (χ1) is 9.88. The standard InChI is InChI=1S/C15H19F3N2O.ClH/c1-10-6-7-19-9-13(10)20-14(21)8-11-4-2-3-5-12(11)15(16,17)18;/h2-5,10,13,19H,6-9H2,1H3,(H,20,21);1H. The number of benzene rings is 1. The summed E-state index contributed by atoms with van der Waals surface area (Å²) in [7, 11) is 0. The molecule has 1 aliphatic rings. The van der Waals surface area contributed by atoms with E-state index < -0.39 is 11.7 Å². The van der Waals surface area contributed by atoms with Gasteiger partial charge in [-0.2, -0.15) is 13.2 Å². The minimum Gasteiger partial charge on any atom is -0.352 e. The lowest BCUT2D eigenvalue weighted by molar-refractivity contribution is -0.138. The van der Waals surface area contributed by atoms with Crippen molar-refractivity contribution in [3.05, 3.63) is 35.4 Å². The zero-order valence-corrected chi connectivity index (χ0v) is 13.1. The van der Waals surface area contributed by atoms with Gasteiger partial charge in [0.25, 0.3) is 0 Å². The normalized spacial score (nSPS) is 21.8. The van der Waals surface area contributed by atoms with Crippen LogP contribution < -0.4 is 10.6 Å². The van der Waals surface area contributed by atoms with Crippen LogP contribution in [0.5, 0.6) is 0 Å². The zero-order chi connectivity index (χ0) is 15.5. The largest absolute Gasteiger partial charge is 0.416 e. The second-order valence-corrected chi connectivity index (χ2v) is 5.48. The van der Waals surface area contributed by atoms with Crippen molar-refractivity contribution in [2.45, 2.75) is 32.0 Å². The van der Waals surface area contributed by atoms with Gasteiger partial charge in [-0.25, -0.2) is 0 Å². The van der Waals surface area contributed by atoms with Crippen LogP contribution in [-0.2, 0) is 17.4 Å². The van der Waals surface area contributed by atoms with Gasteiger partial charge in [0.05, 0.1) is 12.0 Å². The van der Waals surface area contributed by atoms with Gasteiger partial charge < -0.3 is 10.6 Å². The van der Waals surface area contributed by atoms with Gasteiger partial charge in [-0.05, 0) is 30.5 Å². The first kappa shape index (κ1) is 18.8. The summed E-state index contributed by atoms with van der Waals surface area (Å²) in [6.45, 7) is 3.60. The molecule has 1 aromatic carbocycles. The van der Waals surface area contributed by atoms with Gasteiger partial charge in [-0.1, -0.05) is 25.1 Å². The maximum Gasteiger partial charge on any atom is 0.416 e. The number of alkyl halides is 3. The molecule has 1 saturated heterocycles. The fourth-order valence-corrected chi connectivity index (χ4v) is 2.56. The molecule has 0 aromatic heterocycles. The molecule has 1 fully saturated rings. The van der Waals surface area contributed by atoms with Crippen LogP contribution in [0.25, 0.3) is 0 Å². The third-order valence-corrected chi connectivity index (χ3v) is 3.85. The smallest absolute Gasteiger partial charge is 0.352 e. The highest BCUT2D eigenvalue weighted by atomic mass is 35.5. The van der Waals surface area contributed by atoms with Gasteiger partial charge in [0.2, 0.25) is 5.91 Å². The summed E-state index contributed by atoms with van der Waals surface area (Å²) in [5.41, 5.74) is -0.728. The Morgan fingerprint density at radius 2 is 2.05 bits per heavy atom. The van der Waals surface area contributed by atoms with E-state index in [4.69, 9.17) is 0 Å². The van der Waals surface area contributed by atoms with E-state index in [0.717, 1.165) is 19.0 Å². The van der Waals surface area contributed by atoms with Crippen LogP contribution in [0, 0.1) is 5.92 Å². The molecule has 7 heteroatoms. The number of hydrogen-bond donors (Lipinski definition) is 2. The zero-order valence-electron chi connectivity index (χ0n) is 12.2. The van der Waals surface area contributed by atoms with Crippen molar-refractivity contribution in [1.29, 1.82) is 0 Å². The van der Waals surface area contributed by atoms with Gasteiger partial charge in [0.15, 0.2) is 0 Å². The lowest BCUT2D eigenvalue weighted by atomic mass is 9.94. The topological polar surface area (TPSA) is 41.1 Å². The van der Waals surface area contributed by atoms with Gasteiger partial charge in [0, 0.05) is 12.6 Å². The number of rotatable bonds is 3. The van der Waals surface area contributed by atoms with Crippen LogP contribution in [0.4, 0.5) is 13.2 Å². The van der Waals surface area contributed by atoms with Gasteiger partial charge in [0.1, 0.15) is 0 Å². The van der Waals surface area contributed by atoms with Crippen molar-refractivity contribution in [1.82, 2.24) is 10.6 Å². The van der Waals surface area contributed by atoms with Gasteiger partial charge in [-0.3, -0.25) is 4.79 Å². The van der Waals surface area contributed by atoms with E-state index in [-0.39, 0.29) is 36.3 Å². The van der Waals surface area contributed by atoms with Crippen molar-refractivity contribution < 1.29 is 18.0 Å². The lowest BCUT2D eigenvalue weighted by Crippen LogP contribution is -2.50. The molecule has 2 rings (SSSR count). The minimum absolute atomic E-state index is 0. The van der Waals surface area contributed by atoms with Gasteiger partial charge in [-0.15, -0.1) is 12.4 Å². The molecule has 0 spiro atoms. The minimum atomic E-state index is -4.43. The first-order valence-electron chi connectivity index (χ1n) is 7.03. The van der Waals surface area contributed by atoms with Crippen molar-refractivity contribution in [3.8, 4) is 0 Å². The molecule has 1 aliphatic heterocycles. The number of amides is 1. The van der Waals surface area contributed by atoms with E-state index in [1.54, 1.807) is 0 Å². The Morgan fingerprint density at radius 1 is 1.36 bits per heavy atom. The molecule has 1 amide bonds. The first-order valence-corrected chi connectivity index (χ1v) is 7.03. The number of carbonyl (C=O) groups is 1. The van der Waals surface area contributed by atoms with Crippen LogP contribution in [0.15, 0.2) is 24.3 Å². The van der Waals surface area contributed by atoms with E-state index in [0.29, 0.717) is 12.5 Å². The fraction of sp³-hybridized carbons (Fsp3) is 0.533. The Balaban J connectivity index is 0.00000242.